The molecular weight excluding hydrogens is 232 g/mol. The van der Waals surface area contributed by atoms with E-state index in [1.54, 1.807) is 11.3 Å². The summed E-state index contributed by atoms with van der Waals surface area (Å²) in [6.07, 6.45) is 3.80. The first-order valence-corrected chi connectivity index (χ1v) is 6.93. The molecule has 0 aromatic carbocycles. The third-order valence-electron chi connectivity index (χ3n) is 3.25. The van der Waals surface area contributed by atoms with E-state index in [1.807, 2.05) is 5.38 Å². The second-order valence-electron chi connectivity index (χ2n) is 4.61. The van der Waals surface area contributed by atoms with E-state index in [-0.39, 0.29) is 0 Å². The van der Waals surface area contributed by atoms with Gasteiger partial charge in [-0.05, 0) is 30.2 Å². The Morgan fingerprint density at radius 1 is 1.53 bits per heavy atom. The first-order chi connectivity index (χ1) is 8.28. The topological polar surface area (TPSA) is 63.8 Å². The van der Waals surface area contributed by atoms with Gasteiger partial charge in [0.1, 0.15) is 10.6 Å². The summed E-state index contributed by atoms with van der Waals surface area (Å²) in [5.74, 6) is 2.07. The van der Waals surface area contributed by atoms with Crippen LogP contribution in [0.2, 0.25) is 0 Å². The Bertz CT molecular complexity index is 536. The molecule has 17 heavy (non-hydrogen) atoms. The molecule has 1 aliphatic rings. The van der Waals surface area contributed by atoms with E-state index in [2.05, 4.69) is 28.3 Å². The van der Waals surface area contributed by atoms with Crippen molar-refractivity contribution in [2.75, 3.05) is 11.1 Å². The number of nitrogens with one attached hydrogen (secondary N) is 1. The molecule has 5 heteroatoms. The van der Waals surface area contributed by atoms with Crippen LogP contribution in [-0.4, -0.2) is 16.0 Å². The predicted octanol–water partition coefficient (Wildman–Crippen LogP) is 2.87. The Balaban J connectivity index is 1.83. The molecule has 2 aromatic rings. The number of fused-ring (bicyclic) bond motifs is 1. The van der Waals surface area contributed by atoms with Gasteiger partial charge in [-0.15, -0.1) is 11.3 Å². The smallest absolute Gasteiger partial charge is 0.223 e. The van der Waals surface area contributed by atoms with Gasteiger partial charge in [0.2, 0.25) is 5.95 Å². The molecule has 1 fully saturated rings. The van der Waals surface area contributed by atoms with Crippen LogP contribution in [0.3, 0.4) is 0 Å². The molecule has 3 rings (SSSR count). The summed E-state index contributed by atoms with van der Waals surface area (Å²) in [6, 6.07) is 2.63. The Hall–Kier alpha value is -1.36. The molecule has 2 heterocycles. The quantitative estimate of drug-likeness (QED) is 0.873. The van der Waals surface area contributed by atoms with Crippen LogP contribution in [0.25, 0.3) is 10.2 Å². The minimum atomic E-state index is 0.357. The number of anilines is 2. The molecule has 0 amide bonds. The molecule has 3 N–H and O–H groups in total. The van der Waals surface area contributed by atoms with Gasteiger partial charge in [0, 0.05) is 6.04 Å². The zero-order chi connectivity index (χ0) is 11.8. The molecule has 4 nitrogen and oxygen atoms in total. The van der Waals surface area contributed by atoms with E-state index in [1.165, 1.54) is 19.3 Å². The van der Waals surface area contributed by atoms with Crippen molar-refractivity contribution in [3.63, 3.8) is 0 Å². The van der Waals surface area contributed by atoms with Gasteiger partial charge in [-0.2, -0.15) is 4.98 Å². The Morgan fingerprint density at radius 2 is 2.41 bits per heavy atom. The summed E-state index contributed by atoms with van der Waals surface area (Å²) in [4.78, 5) is 9.50. The van der Waals surface area contributed by atoms with Crippen LogP contribution >= 0.6 is 11.3 Å². The Labute approximate surface area is 104 Å². The van der Waals surface area contributed by atoms with Crippen LogP contribution in [0.15, 0.2) is 11.4 Å². The van der Waals surface area contributed by atoms with Crippen LogP contribution in [0.4, 0.5) is 11.8 Å². The van der Waals surface area contributed by atoms with Crippen LogP contribution in [0, 0.1) is 5.92 Å². The number of nitrogen functional groups attached to an aromatic ring is 1. The van der Waals surface area contributed by atoms with Crippen molar-refractivity contribution in [1.82, 2.24) is 9.97 Å². The average molecular weight is 248 g/mol. The Kier molecular flexibility index (Phi) is 2.63. The third kappa shape index (κ3) is 2.07. The van der Waals surface area contributed by atoms with Crippen molar-refractivity contribution in [3.8, 4) is 0 Å². The summed E-state index contributed by atoms with van der Waals surface area (Å²) >= 11 is 1.60. The lowest BCUT2D eigenvalue weighted by atomic mass is 10.2. The molecule has 2 unspecified atom stereocenters. The second-order valence-corrected chi connectivity index (χ2v) is 5.50. The fraction of sp³-hybridized carbons (Fsp3) is 0.500. The highest BCUT2D eigenvalue weighted by atomic mass is 32.1. The van der Waals surface area contributed by atoms with Gasteiger partial charge in [0.05, 0.1) is 5.39 Å². The zero-order valence-corrected chi connectivity index (χ0v) is 10.6. The van der Waals surface area contributed by atoms with Crippen LogP contribution < -0.4 is 11.1 Å². The van der Waals surface area contributed by atoms with Crippen molar-refractivity contribution >= 4 is 33.3 Å². The lowest BCUT2D eigenvalue weighted by molar-refractivity contribution is 0.692. The average Bonchev–Trinajstić information content (AvgIpc) is 2.85. The normalized spacial score (nSPS) is 22.9. The van der Waals surface area contributed by atoms with Gasteiger partial charge in [-0.1, -0.05) is 13.3 Å². The van der Waals surface area contributed by atoms with E-state index in [0.29, 0.717) is 12.0 Å². The van der Waals surface area contributed by atoms with Crippen LogP contribution in [-0.2, 0) is 0 Å². The van der Waals surface area contributed by atoms with E-state index in [9.17, 15) is 0 Å². The standard InChI is InChI=1S/C12H16N4S/c1-2-3-7-6-9(7)14-10-8-4-5-17-11(8)16-12(13)15-10/h4-5,7,9H,2-3,6H2,1H3,(H3,13,14,15,16). The summed E-state index contributed by atoms with van der Waals surface area (Å²) in [6.45, 7) is 2.23. The summed E-state index contributed by atoms with van der Waals surface area (Å²) in [5, 5.41) is 6.61. The van der Waals surface area contributed by atoms with Gasteiger partial charge in [0.25, 0.3) is 0 Å². The van der Waals surface area contributed by atoms with E-state index in [0.717, 1.165) is 22.0 Å². The summed E-state index contributed by atoms with van der Waals surface area (Å²) in [5.41, 5.74) is 5.72. The van der Waals surface area contributed by atoms with E-state index in [4.69, 9.17) is 5.73 Å². The van der Waals surface area contributed by atoms with Crippen molar-refractivity contribution in [1.29, 1.82) is 0 Å². The van der Waals surface area contributed by atoms with Gasteiger partial charge >= 0.3 is 0 Å². The summed E-state index contributed by atoms with van der Waals surface area (Å²) < 4.78 is 0. The molecule has 2 atom stereocenters. The maximum absolute atomic E-state index is 5.72. The molecule has 0 bridgehead atoms. The molecule has 0 radical (unpaired) electrons. The van der Waals surface area contributed by atoms with Gasteiger partial charge in [-0.3, -0.25) is 0 Å². The van der Waals surface area contributed by atoms with Crippen molar-refractivity contribution in [3.05, 3.63) is 11.4 Å². The zero-order valence-electron chi connectivity index (χ0n) is 9.81. The largest absolute Gasteiger partial charge is 0.368 e. The first kappa shape index (κ1) is 10.8. The SMILES string of the molecule is CCCC1CC1Nc1nc(N)nc2sccc12. The number of nitrogens with two attached hydrogens (primary N) is 1. The summed E-state index contributed by atoms with van der Waals surface area (Å²) in [7, 11) is 0. The lowest BCUT2D eigenvalue weighted by Crippen LogP contribution is -2.08. The third-order valence-corrected chi connectivity index (χ3v) is 4.05. The van der Waals surface area contributed by atoms with Crippen LogP contribution in [0.5, 0.6) is 0 Å². The van der Waals surface area contributed by atoms with Gasteiger partial charge in [-0.25, -0.2) is 4.98 Å². The van der Waals surface area contributed by atoms with Crippen molar-refractivity contribution in [2.24, 2.45) is 5.92 Å². The number of hydrogen-bond acceptors (Lipinski definition) is 5. The Morgan fingerprint density at radius 3 is 3.24 bits per heavy atom. The number of hydrogen-bond donors (Lipinski definition) is 2. The maximum atomic E-state index is 5.72. The highest BCUT2D eigenvalue weighted by Crippen LogP contribution is 2.38. The maximum Gasteiger partial charge on any atom is 0.223 e. The highest BCUT2D eigenvalue weighted by Gasteiger charge is 2.36. The van der Waals surface area contributed by atoms with Gasteiger partial charge in [0.15, 0.2) is 0 Å². The monoisotopic (exact) mass is 248 g/mol. The minimum Gasteiger partial charge on any atom is -0.368 e. The van der Waals surface area contributed by atoms with Crippen molar-refractivity contribution < 1.29 is 0 Å². The molecule has 1 aliphatic carbocycles. The molecule has 2 aromatic heterocycles. The first-order valence-electron chi connectivity index (χ1n) is 6.05. The minimum absolute atomic E-state index is 0.357. The number of nitrogens with zero attached hydrogens (tertiary/aromatic N) is 2. The number of thiophene rings is 1. The van der Waals surface area contributed by atoms with E-state index < -0.39 is 0 Å². The molecule has 0 aliphatic heterocycles. The molecule has 0 spiro atoms. The predicted molar refractivity (Wildman–Crippen MR) is 72.3 cm³/mol. The number of rotatable bonds is 4. The number of aromatic nitrogens is 2. The van der Waals surface area contributed by atoms with Crippen molar-refractivity contribution in [2.45, 2.75) is 32.2 Å². The molecule has 1 saturated carbocycles. The van der Waals surface area contributed by atoms with Crippen LogP contribution in [0.1, 0.15) is 26.2 Å². The van der Waals surface area contributed by atoms with Gasteiger partial charge < -0.3 is 11.1 Å². The fourth-order valence-corrected chi connectivity index (χ4v) is 3.04. The van der Waals surface area contributed by atoms with E-state index >= 15 is 0 Å². The highest BCUT2D eigenvalue weighted by molar-refractivity contribution is 7.16. The molecule has 90 valence electrons. The lowest BCUT2D eigenvalue weighted by Gasteiger charge is -2.06. The fourth-order valence-electron chi connectivity index (χ4n) is 2.27. The second kappa shape index (κ2) is 4.14. The molecular formula is C12H16N4S. The molecule has 0 saturated heterocycles.